The zero-order chi connectivity index (χ0) is 17.3. The first-order chi connectivity index (χ1) is 11.5. The zero-order valence-corrected chi connectivity index (χ0v) is 14.4. The Bertz CT molecular complexity index is 833. The van der Waals surface area contributed by atoms with Gasteiger partial charge < -0.3 is 4.74 Å². The van der Waals surface area contributed by atoms with Crippen LogP contribution in [-0.4, -0.2) is 23.7 Å². The van der Waals surface area contributed by atoms with Gasteiger partial charge in [0.25, 0.3) is 11.7 Å². The number of anilines is 1. The summed E-state index contributed by atoms with van der Waals surface area (Å²) in [6, 6.07) is 13.2. The van der Waals surface area contributed by atoms with Crippen LogP contribution in [0.25, 0.3) is 0 Å². The highest BCUT2D eigenvalue weighted by molar-refractivity contribution is 9.10. The van der Waals surface area contributed by atoms with Crippen LogP contribution >= 0.6 is 15.9 Å². The second kappa shape index (κ2) is 6.57. The third kappa shape index (κ3) is 2.97. The second-order valence-electron chi connectivity index (χ2n) is 5.44. The summed E-state index contributed by atoms with van der Waals surface area (Å²) in [4.78, 5) is 37.7. The Hall–Kier alpha value is -2.47. The molecule has 0 aliphatic carbocycles. The number of hydrogen-bond acceptors (Lipinski definition) is 4. The number of para-hydroxylation sites is 1. The number of fused-ring (bicyclic) bond motifs is 1. The fraction of sp³-hybridized carbons (Fsp3) is 0.167. The van der Waals surface area contributed by atoms with Crippen LogP contribution in [0.1, 0.15) is 22.8 Å². The van der Waals surface area contributed by atoms with Gasteiger partial charge in [0.15, 0.2) is 0 Å². The number of Topliss-reactive ketones (excluding diaryl/α,β-unsaturated/α-hetero) is 1. The molecule has 6 heteroatoms. The van der Waals surface area contributed by atoms with E-state index >= 15 is 0 Å². The molecular formula is C18H14BrNO4. The number of ether oxygens (including phenoxy) is 1. The molecule has 0 saturated carbocycles. The summed E-state index contributed by atoms with van der Waals surface area (Å²) < 4.78 is 6.18. The summed E-state index contributed by atoms with van der Waals surface area (Å²) in [5.74, 6) is -1.87. The fourth-order valence-electron chi connectivity index (χ4n) is 2.60. The first-order valence-corrected chi connectivity index (χ1v) is 8.16. The lowest BCUT2D eigenvalue weighted by Gasteiger charge is -2.23. The van der Waals surface area contributed by atoms with Gasteiger partial charge in [-0.25, -0.2) is 4.79 Å². The molecule has 0 unspecified atom stereocenters. The molecule has 0 aromatic heterocycles. The van der Waals surface area contributed by atoms with Gasteiger partial charge in [-0.1, -0.05) is 40.2 Å². The number of nitrogens with zero attached hydrogens (tertiary/aromatic N) is 1. The minimum Gasteiger partial charge on any atom is -0.459 e. The molecule has 0 bridgehead atoms. The Morgan fingerprint density at radius 3 is 2.67 bits per heavy atom. The first kappa shape index (κ1) is 16.4. The maximum Gasteiger partial charge on any atom is 0.329 e. The van der Waals surface area contributed by atoms with Crippen molar-refractivity contribution in [2.45, 2.75) is 19.6 Å². The van der Waals surface area contributed by atoms with Crippen molar-refractivity contribution in [1.29, 1.82) is 0 Å². The van der Waals surface area contributed by atoms with Crippen molar-refractivity contribution in [2.24, 2.45) is 0 Å². The number of amides is 1. The Balaban J connectivity index is 1.74. The number of carbonyl (C=O) groups excluding carboxylic acids is 3. The number of halogens is 1. The lowest BCUT2D eigenvalue weighted by atomic mass is 10.1. The molecule has 0 spiro atoms. The van der Waals surface area contributed by atoms with Crippen LogP contribution in [0.15, 0.2) is 53.0 Å². The number of benzene rings is 2. The van der Waals surface area contributed by atoms with E-state index in [1.54, 1.807) is 31.2 Å². The molecule has 5 nitrogen and oxygen atoms in total. The lowest BCUT2D eigenvalue weighted by molar-refractivity contribution is -0.146. The van der Waals surface area contributed by atoms with E-state index in [9.17, 15) is 14.4 Å². The van der Waals surface area contributed by atoms with Crippen LogP contribution in [0.4, 0.5) is 5.69 Å². The molecule has 2 aromatic carbocycles. The van der Waals surface area contributed by atoms with Gasteiger partial charge in [-0.15, -0.1) is 0 Å². The van der Waals surface area contributed by atoms with Gasteiger partial charge in [-0.05, 0) is 36.8 Å². The summed E-state index contributed by atoms with van der Waals surface area (Å²) in [5.41, 5.74) is 1.59. The van der Waals surface area contributed by atoms with Crippen LogP contribution in [0.2, 0.25) is 0 Å². The average Bonchev–Trinajstić information content (AvgIpc) is 2.84. The summed E-state index contributed by atoms with van der Waals surface area (Å²) in [7, 11) is 0. The van der Waals surface area contributed by atoms with Crippen LogP contribution < -0.4 is 4.90 Å². The van der Waals surface area contributed by atoms with Gasteiger partial charge in [-0.3, -0.25) is 14.5 Å². The molecule has 1 aliphatic rings. The van der Waals surface area contributed by atoms with Crippen molar-refractivity contribution in [1.82, 2.24) is 0 Å². The van der Waals surface area contributed by atoms with E-state index in [1.165, 1.54) is 4.90 Å². The van der Waals surface area contributed by atoms with Crippen molar-refractivity contribution in [3.05, 3.63) is 64.1 Å². The van der Waals surface area contributed by atoms with Crippen LogP contribution in [0.5, 0.6) is 0 Å². The summed E-state index contributed by atoms with van der Waals surface area (Å²) in [6.07, 6.45) is 0. The van der Waals surface area contributed by atoms with Crippen molar-refractivity contribution in [2.75, 3.05) is 4.90 Å². The maximum atomic E-state index is 12.3. The van der Waals surface area contributed by atoms with Crippen molar-refractivity contribution < 1.29 is 19.1 Å². The minimum atomic E-state index is -0.878. The normalized spacial score (nSPS) is 14.5. The summed E-state index contributed by atoms with van der Waals surface area (Å²) in [6.45, 7) is 1.65. The molecular weight excluding hydrogens is 374 g/mol. The Morgan fingerprint density at radius 1 is 1.17 bits per heavy atom. The molecule has 122 valence electrons. The number of carbonyl (C=O) groups is 3. The molecule has 0 radical (unpaired) electrons. The standard InChI is InChI=1S/C18H14BrNO4/c1-11(18(23)24-10-12-5-4-6-13(19)9-12)20-15-8-3-2-7-14(15)16(21)17(20)22/h2-9,11H,10H2,1H3/t11-/m1/s1. The molecule has 1 amide bonds. The number of ketones is 1. The Kier molecular flexibility index (Phi) is 4.49. The number of hydrogen-bond donors (Lipinski definition) is 0. The van der Waals surface area contributed by atoms with Gasteiger partial charge in [0.05, 0.1) is 11.3 Å². The molecule has 24 heavy (non-hydrogen) atoms. The van der Waals surface area contributed by atoms with Crippen molar-refractivity contribution in [3.63, 3.8) is 0 Å². The molecule has 2 aromatic rings. The largest absolute Gasteiger partial charge is 0.459 e. The monoisotopic (exact) mass is 387 g/mol. The van der Waals surface area contributed by atoms with Crippen molar-refractivity contribution >= 4 is 39.3 Å². The predicted molar refractivity (Wildman–Crippen MR) is 91.7 cm³/mol. The number of rotatable bonds is 4. The fourth-order valence-corrected chi connectivity index (χ4v) is 3.05. The Labute approximate surface area is 147 Å². The van der Waals surface area contributed by atoms with E-state index in [0.29, 0.717) is 11.3 Å². The molecule has 0 fully saturated rings. The quantitative estimate of drug-likeness (QED) is 0.597. The number of esters is 1. The van der Waals surface area contributed by atoms with E-state index in [1.807, 2.05) is 24.3 Å². The third-order valence-electron chi connectivity index (χ3n) is 3.82. The summed E-state index contributed by atoms with van der Waals surface area (Å²) in [5, 5.41) is 0. The van der Waals surface area contributed by atoms with Crippen LogP contribution in [0, 0.1) is 0 Å². The SMILES string of the molecule is C[C@H](C(=O)OCc1cccc(Br)c1)N1C(=O)C(=O)c2ccccc21. The maximum absolute atomic E-state index is 12.3. The van der Waals surface area contributed by atoms with E-state index < -0.39 is 23.7 Å². The van der Waals surface area contributed by atoms with Gasteiger partial charge in [0, 0.05) is 4.47 Å². The third-order valence-corrected chi connectivity index (χ3v) is 4.31. The van der Waals surface area contributed by atoms with Crippen molar-refractivity contribution in [3.8, 4) is 0 Å². The highest BCUT2D eigenvalue weighted by atomic mass is 79.9. The van der Waals surface area contributed by atoms with Gasteiger partial charge in [-0.2, -0.15) is 0 Å². The molecule has 1 aliphatic heterocycles. The van der Waals surface area contributed by atoms with E-state index in [-0.39, 0.29) is 6.61 Å². The lowest BCUT2D eigenvalue weighted by Crippen LogP contribution is -2.43. The second-order valence-corrected chi connectivity index (χ2v) is 6.35. The Morgan fingerprint density at radius 2 is 1.92 bits per heavy atom. The van der Waals surface area contributed by atoms with Gasteiger partial charge in [0.1, 0.15) is 12.6 Å². The molecule has 3 rings (SSSR count). The molecule has 0 N–H and O–H groups in total. The van der Waals surface area contributed by atoms with Crippen LogP contribution in [-0.2, 0) is 20.9 Å². The first-order valence-electron chi connectivity index (χ1n) is 7.37. The van der Waals surface area contributed by atoms with Gasteiger partial charge >= 0.3 is 5.97 Å². The highest BCUT2D eigenvalue weighted by Gasteiger charge is 2.40. The predicted octanol–water partition coefficient (Wildman–Crippen LogP) is 3.11. The zero-order valence-electron chi connectivity index (χ0n) is 12.9. The average molecular weight is 388 g/mol. The van der Waals surface area contributed by atoms with Gasteiger partial charge in [0.2, 0.25) is 0 Å². The van der Waals surface area contributed by atoms with Crippen LogP contribution in [0.3, 0.4) is 0 Å². The van der Waals surface area contributed by atoms with E-state index in [0.717, 1.165) is 10.0 Å². The highest BCUT2D eigenvalue weighted by Crippen LogP contribution is 2.30. The summed E-state index contributed by atoms with van der Waals surface area (Å²) >= 11 is 3.35. The molecule has 1 atom stereocenters. The van der Waals surface area contributed by atoms with E-state index in [4.69, 9.17) is 4.74 Å². The topological polar surface area (TPSA) is 63.7 Å². The molecule has 0 saturated heterocycles. The minimum absolute atomic E-state index is 0.0975. The van der Waals surface area contributed by atoms with E-state index in [2.05, 4.69) is 15.9 Å². The molecule has 1 heterocycles. The smallest absolute Gasteiger partial charge is 0.329 e.